The average Bonchev–Trinajstić information content (AvgIpc) is 4.31. The number of nitrogen functional groups attached to an aromatic ring is 1. The molecule has 5 aliphatic rings. The molecule has 4 N–H and O–H groups in total. The van der Waals surface area contributed by atoms with Crippen molar-refractivity contribution in [3.63, 3.8) is 0 Å². The predicted octanol–water partition coefficient (Wildman–Crippen LogP) is 9.98. The minimum atomic E-state index is -1.89. The molecular weight excluding hydrogens is 1100 g/mol. The van der Waals surface area contributed by atoms with E-state index in [9.17, 15) is 29.1 Å². The fourth-order valence-corrected chi connectivity index (χ4v) is 13.7. The van der Waals surface area contributed by atoms with Gasteiger partial charge in [0, 0.05) is 83.1 Å². The second kappa shape index (κ2) is 19.6. The zero-order valence-electron chi connectivity index (χ0n) is 43.2. The number of hydrogen-bond acceptors (Lipinski definition) is 16. The van der Waals surface area contributed by atoms with Crippen LogP contribution in [0.5, 0.6) is 6.01 Å². The van der Waals surface area contributed by atoms with Crippen molar-refractivity contribution >= 4 is 102 Å². The van der Waals surface area contributed by atoms with Gasteiger partial charge in [-0.25, -0.2) is 32.1 Å². The number of hydrogen-bond donors (Lipinski definition) is 3. The minimum absolute atomic E-state index is 0.0260. The molecule has 24 heteroatoms. The Kier molecular flexibility index (Phi) is 13.1. The number of fused-ring (bicyclic) bond motifs is 8. The van der Waals surface area contributed by atoms with Crippen LogP contribution in [0.3, 0.4) is 0 Å². The molecule has 0 bridgehead atoms. The number of amides is 2. The number of piperazine rings is 1. The summed E-state index contributed by atoms with van der Waals surface area (Å²) in [5.74, 6) is -3.42. The number of cyclic esters (lactones) is 1. The third-order valence-electron chi connectivity index (χ3n) is 16.3. The maximum Gasteiger partial charge on any atom is 0.412 e. The molecule has 4 aromatic heterocycles. The quantitative estimate of drug-likeness (QED) is 0.0503. The SMILES string of the molecule is C=C(C(=O)N1CCN(c2nc(OC[C@@]34CCCN3C[C@H](F)C4)nc3c(F)c(-c4ccc(F)c5sc(N)c(C#N)c45)c(Cl)cc23)[C@@H](C)C1)[C@@H](C)OC(=O)Nc1cc2cc3c(nc2cc1F)-c1cc2c(c(=S)n1C3)COC(=O)[C@]2(O)CC. The van der Waals surface area contributed by atoms with Crippen molar-refractivity contribution in [2.75, 3.05) is 55.3 Å². The lowest BCUT2D eigenvalue weighted by atomic mass is 9.86. The monoisotopic (exact) mass is 1150 g/mol. The van der Waals surface area contributed by atoms with Crippen LogP contribution in [0.25, 0.3) is 54.4 Å². The van der Waals surface area contributed by atoms with E-state index in [1.807, 2.05) is 22.5 Å². The van der Waals surface area contributed by atoms with Crippen molar-refractivity contribution in [2.45, 2.75) is 89.1 Å². The van der Waals surface area contributed by atoms with E-state index in [-0.39, 0.29) is 129 Å². The van der Waals surface area contributed by atoms with Crippen molar-refractivity contribution in [1.29, 1.82) is 5.26 Å². The number of rotatable bonds is 10. The summed E-state index contributed by atoms with van der Waals surface area (Å²) in [4.78, 5) is 59.7. The van der Waals surface area contributed by atoms with E-state index in [4.69, 9.17) is 53.7 Å². The van der Waals surface area contributed by atoms with Gasteiger partial charge in [-0.2, -0.15) is 15.2 Å². The Labute approximate surface area is 468 Å². The molecule has 2 amide bonds. The van der Waals surface area contributed by atoms with Gasteiger partial charge in [0.1, 0.15) is 64.2 Å². The second-order valence-corrected chi connectivity index (χ2v) is 22.9. The molecule has 80 heavy (non-hydrogen) atoms. The summed E-state index contributed by atoms with van der Waals surface area (Å²) in [5, 5.41) is 24.5. The normalized spacial score (nSPS) is 21.7. The van der Waals surface area contributed by atoms with Crippen molar-refractivity contribution < 1.29 is 51.3 Å². The molecule has 0 radical (unpaired) electrons. The molecule has 3 fully saturated rings. The smallest absolute Gasteiger partial charge is 0.412 e. The van der Waals surface area contributed by atoms with Gasteiger partial charge < -0.3 is 39.4 Å². The van der Waals surface area contributed by atoms with Crippen LogP contribution in [0.2, 0.25) is 5.02 Å². The Balaban J connectivity index is 0.766. The first kappa shape index (κ1) is 53.2. The Morgan fingerprint density at radius 3 is 2.69 bits per heavy atom. The number of nitriles is 1. The number of aromatic nitrogens is 4. The highest BCUT2D eigenvalue weighted by atomic mass is 35.5. The summed E-state index contributed by atoms with van der Waals surface area (Å²) in [5.41, 5.74) is 6.04. The van der Waals surface area contributed by atoms with Gasteiger partial charge >= 0.3 is 18.1 Å². The Hall–Kier alpha value is -7.49. The standard InChI is InChI=1S/C56H49ClF4N10O7S2/c1-5-56(75)35-16-41-45-29(21-71(41)51(79)34(35)23-76-52(56)73)13-28-14-40(38(60)17-39(28)64-45)65-54(74)78-27(4)26(3)50(72)68-11-12-70(25(2)20-68)49-32-15-36(57)43(31-7-8-37(59)47-42(31)33(19-62)48(63)80-47)44(61)46(32)66-53(67-49)77-24-55-9-6-10-69(55)22-30(58)18-55/h7-8,13-17,25,27,30,75H,3,5-6,9-12,18,20-24,63H2,1-2,4H3,(H,65,74)/t25-,27+,30+,55-,56-/m0/s1. The lowest BCUT2D eigenvalue weighted by Crippen LogP contribution is -2.54. The molecule has 12 rings (SSSR count). The number of aliphatic hydroxyl groups is 1. The van der Waals surface area contributed by atoms with Gasteiger partial charge in [-0.3, -0.25) is 15.0 Å². The van der Waals surface area contributed by atoms with E-state index < -0.39 is 64.9 Å². The molecule has 0 aliphatic carbocycles. The summed E-state index contributed by atoms with van der Waals surface area (Å²) in [6.07, 6.45) is -1.41. The van der Waals surface area contributed by atoms with Gasteiger partial charge in [0.15, 0.2) is 11.4 Å². The summed E-state index contributed by atoms with van der Waals surface area (Å²) >= 11 is 13.6. The number of alkyl halides is 1. The van der Waals surface area contributed by atoms with Crippen molar-refractivity contribution in [3.8, 4) is 34.6 Å². The highest BCUT2D eigenvalue weighted by Crippen LogP contribution is 2.47. The van der Waals surface area contributed by atoms with Gasteiger partial charge in [0.2, 0.25) is 0 Å². The first-order chi connectivity index (χ1) is 38.2. The fourth-order valence-electron chi connectivity index (χ4n) is 12.2. The van der Waals surface area contributed by atoms with Crippen LogP contribution < -0.4 is 20.7 Å². The molecule has 0 unspecified atom stereocenters. The summed E-state index contributed by atoms with van der Waals surface area (Å²) < 4.78 is 82.7. The molecule has 0 spiro atoms. The highest BCUT2D eigenvalue weighted by Gasteiger charge is 2.50. The van der Waals surface area contributed by atoms with Crippen molar-refractivity contribution in [2.24, 2.45) is 0 Å². The van der Waals surface area contributed by atoms with Crippen LogP contribution in [0.15, 0.2) is 54.6 Å². The van der Waals surface area contributed by atoms with Gasteiger partial charge in [-0.05, 0) is 75.5 Å². The second-order valence-electron chi connectivity index (χ2n) is 21.0. The van der Waals surface area contributed by atoms with E-state index in [0.717, 1.165) is 35.5 Å². The number of ether oxygens (including phenoxy) is 3. The first-order valence-electron chi connectivity index (χ1n) is 25.9. The summed E-state index contributed by atoms with van der Waals surface area (Å²) in [7, 11) is 0. The third-order valence-corrected chi connectivity index (χ3v) is 18.1. The molecule has 17 nitrogen and oxygen atoms in total. The largest absolute Gasteiger partial charge is 0.461 e. The summed E-state index contributed by atoms with van der Waals surface area (Å²) in [6, 6.07) is 11.4. The lowest BCUT2D eigenvalue weighted by molar-refractivity contribution is -0.172. The first-order valence-corrected chi connectivity index (χ1v) is 27.5. The number of anilines is 3. The maximum atomic E-state index is 17.5. The van der Waals surface area contributed by atoms with Gasteiger partial charge in [0.25, 0.3) is 5.91 Å². The fraction of sp³-hybridized carbons (Fsp3) is 0.357. The zero-order chi connectivity index (χ0) is 56.4. The maximum absolute atomic E-state index is 17.5. The number of carbonyl (C=O) groups excluding carboxylic acids is 3. The van der Waals surface area contributed by atoms with E-state index >= 15 is 13.2 Å². The number of benzene rings is 3. The van der Waals surface area contributed by atoms with Crippen LogP contribution >= 0.6 is 35.2 Å². The topological polar surface area (TPSA) is 214 Å². The molecule has 9 heterocycles. The van der Waals surface area contributed by atoms with E-state index in [1.54, 1.807) is 19.1 Å². The van der Waals surface area contributed by atoms with Crippen LogP contribution in [0.4, 0.5) is 38.9 Å². The molecule has 0 saturated carbocycles. The number of nitrogens with zero attached hydrogens (tertiary/aromatic N) is 8. The Morgan fingerprint density at radius 1 is 1.12 bits per heavy atom. The molecule has 5 atom stereocenters. The van der Waals surface area contributed by atoms with Crippen LogP contribution in [-0.4, -0.2) is 116 Å². The number of nitrogens with one attached hydrogen (secondary N) is 1. The van der Waals surface area contributed by atoms with Crippen molar-refractivity contribution in [1.82, 2.24) is 29.3 Å². The Morgan fingerprint density at radius 2 is 1.93 bits per heavy atom. The van der Waals surface area contributed by atoms with E-state index in [2.05, 4.69) is 21.8 Å². The molecule has 3 saturated heterocycles. The summed E-state index contributed by atoms with van der Waals surface area (Å²) in [6.45, 7) is 10.5. The number of thiophene rings is 1. The van der Waals surface area contributed by atoms with Gasteiger partial charge in [0.05, 0.1) is 55.5 Å². The minimum Gasteiger partial charge on any atom is -0.461 e. The number of carbonyl (C=O) groups is 3. The van der Waals surface area contributed by atoms with E-state index in [1.165, 1.54) is 30.0 Å². The van der Waals surface area contributed by atoms with Gasteiger partial charge in [-0.1, -0.05) is 43.4 Å². The van der Waals surface area contributed by atoms with Gasteiger partial charge in [-0.15, -0.1) is 11.3 Å². The molecule has 7 aromatic rings. The average molecular weight is 1150 g/mol. The Bertz CT molecular complexity index is 4010. The molecule has 5 aliphatic heterocycles. The molecular formula is C56H49ClF4N10O7S2. The molecule has 412 valence electrons. The number of pyridine rings is 2. The lowest BCUT2D eigenvalue weighted by Gasteiger charge is -2.41. The van der Waals surface area contributed by atoms with Crippen LogP contribution in [0.1, 0.15) is 68.7 Å². The highest BCUT2D eigenvalue weighted by molar-refractivity contribution is 7.71. The molecule has 3 aromatic carbocycles. The number of esters is 1. The number of halogens is 5. The third kappa shape index (κ3) is 8.47. The van der Waals surface area contributed by atoms with Crippen molar-refractivity contribution in [3.05, 3.63) is 104 Å². The zero-order valence-corrected chi connectivity index (χ0v) is 45.6. The van der Waals surface area contributed by atoms with E-state index in [0.29, 0.717) is 52.1 Å². The number of nitrogens with two attached hydrogens (primary N) is 1. The van der Waals surface area contributed by atoms with Crippen LogP contribution in [0, 0.1) is 33.4 Å². The predicted molar refractivity (Wildman–Crippen MR) is 294 cm³/mol. The van der Waals surface area contributed by atoms with Crippen LogP contribution in [-0.2, 0) is 37.8 Å².